The fourth-order valence-corrected chi connectivity index (χ4v) is 3.94. The summed E-state index contributed by atoms with van der Waals surface area (Å²) in [5.41, 5.74) is 2.24. The third-order valence-electron chi connectivity index (χ3n) is 4.86. The average molecular weight is 354 g/mol. The molecule has 0 amide bonds. The smallest absolute Gasteiger partial charge is 0.147 e. The van der Waals surface area contributed by atoms with Crippen LogP contribution in [0.15, 0.2) is 48.8 Å². The number of nitrogens with zero attached hydrogens (tertiary/aromatic N) is 3. The number of likely N-dealkylation sites (tertiary alicyclic amines) is 1. The van der Waals surface area contributed by atoms with Gasteiger partial charge < -0.3 is 5.11 Å². The van der Waals surface area contributed by atoms with Gasteiger partial charge in [-0.25, -0.2) is 0 Å². The van der Waals surface area contributed by atoms with E-state index in [1.807, 2.05) is 36.4 Å². The molecule has 0 saturated carbocycles. The highest BCUT2D eigenvalue weighted by Gasteiger charge is 2.28. The van der Waals surface area contributed by atoms with Gasteiger partial charge in [0.2, 0.25) is 0 Å². The van der Waals surface area contributed by atoms with Crippen molar-refractivity contribution >= 4 is 22.5 Å². The Morgan fingerprint density at radius 2 is 1.80 bits per heavy atom. The van der Waals surface area contributed by atoms with E-state index in [2.05, 4.69) is 14.9 Å². The lowest BCUT2D eigenvalue weighted by Gasteiger charge is -2.35. The lowest BCUT2D eigenvalue weighted by atomic mass is 9.96. The van der Waals surface area contributed by atoms with Crippen LogP contribution in [0.3, 0.4) is 0 Å². The number of piperidine rings is 1. The van der Waals surface area contributed by atoms with Crippen LogP contribution >= 0.6 is 11.6 Å². The fourth-order valence-electron chi connectivity index (χ4n) is 3.67. The Bertz CT molecular complexity index is 879. The minimum absolute atomic E-state index is 0.120. The van der Waals surface area contributed by atoms with Crippen LogP contribution in [0.1, 0.15) is 36.6 Å². The highest BCUT2D eigenvalue weighted by atomic mass is 35.5. The lowest BCUT2D eigenvalue weighted by Crippen LogP contribution is -2.34. The highest BCUT2D eigenvalue weighted by Crippen LogP contribution is 2.41. The van der Waals surface area contributed by atoms with Crippen molar-refractivity contribution in [3.8, 4) is 5.75 Å². The molecule has 1 aromatic carbocycles. The third kappa shape index (κ3) is 3.08. The summed E-state index contributed by atoms with van der Waals surface area (Å²) in [4.78, 5) is 11.3. The largest absolute Gasteiger partial charge is 0.505 e. The summed E-state index contributed by atoms with van der Waals surface area (Å²) < 4.78 is 0. The summed E-state index contributed by atoms with van der Waals surface area (Å²) >= 11 is 6.51. The van der Waals surface area contributed by atoms with Crippen molar-refractivity contribution in [2.24, 2.45) is 0 Å². The maximum Gasteiger partial charge on any atom is 0.147 e. The van der Waals surface area contributed by atoms with Gasteiger partial charge in [0, 0.05) is 23.3 Å². The number of pyridine rings is 2. The van der Waals surface area contributed by atoms with Crippen molar-refractivity contribution in [1.29, 1.82) is 0 Å². The monoisotopic (exact) mass is 353 g/mol. The number of hydrogen-bond donors (Lipinski definition) is 1. The number of phenolic OH excluding ortho intramolecular Hbond substituents is 1. The average Bonchev–Trinajstić information content (AvgIpc) is 2.68. The van der Waals surface area contributed by atoms with E-state index >= 15 is 0 Å². The van der Waals surface area contributed by atoms with Crippen LogP contribution in [0.25, 0.3) is 10.9 Å². The van der Waals surface area contributed by atoms with Gasteiger partial charge in [-0.05, 0) is 56.3 Å². The number of halogens is 1. The van der Waals surface area contributed by atoms with Crippen molar-refractivity contribution in [3.63, 3.8) is 0 Å². The predicted octanol–water partition coefficient (Wildman–Crippen LogP) is 4.56. The first-order valence-electron chi connectivity index (χ1n) is 8.67. The van der Waals surface area contributed by atoms with E-state index in [1.165, 1.54) is 6.42 Å². The van der Waals surface area contributed by atoms with Crippen LogP contribution in [-0.2, 0) is 0 Å². The second-order valence-electron chi connectivity index (χ2n) is 6.45. The Balaban J connectivity index is 1.90. The number of aromatic nitrogens is 2. The minimum Gasteiger partial charge on any atom is -0.505 e. The summed E-state index contributed by atoms with van der Waals surface area (Å²) in [6.07, 6.45) is 7.04. The van der Waals surface area contributed by atoms with Crippen molar-refractivity contribution in [3.05, 3.63) is 65.1 Å². The molecule has 1 aliphatic rings. The summed E-state index contributed by atoms with van der Waals surface area (Å²) in [6.45, 7) is 1.97. The second kappa shape index (κ2) is 6.98. The zero-order valence-corrected chi connectivity index (χ0v) is 14.7. The number of rotatable bonds is 3. The molecule has 3 heterocycles. The predicted molar refractivity (Wildman–Crippen MR) is 99.9 cm³/mol. The molecule has 4 nitrogen and oxygen atoms in total. The molecule has 1 fully saturated rings. The van der Waals surface area contributed by atoms with E-state index in [0.29, 0.717) is 10.5 Å². The van der Waals surface area contributed by atoms with Crippen LogP contribution in [0.5, 0.6) is 5.75 Å². The number of hydrogen-bond acceptors (Lipinski definition) is 4. The van der Waals surface area contributed by atoms with Crippen molar-refractivity contribution < 1.29 is 5.11 Å². The molecule has 0 radical (unpaired) electrons. The number of benzene rings is 1. The summed E-state index contributed by atoms with van der Waals surface area (Å²) in [5.74, 6) is 0.196. The quantitative estimate of drug-likeness (QED) is 0.749. The van der Waals surface area contributed by atoms with Gasteiger partial charge in [-0.3, -0.25) is 14.9 Å². The molecule has 25 heavy (non-hydrogen) atoms. The molecule has 0 unspecified atom stereocenters. The second-order valence-corrected chi connectivity index (χ2v) is 6.86. The van der Waals surface area contributed by atoms with E-state index in [1.54, 1.807) is 12.4 Å². The first kappa shape index (κ1) is 16.3. The zero-order valence-electron chi connectivity index (χ0n) is 13.9. The van der Waals surface area contributed by atoms with E-state index in [9.17, 15) is 5.11 Å². The van der Waals surface area contributed by atoms with Crippen LogP contribution < -0.4 is 0 Å². The number of aromatic hydroxyl groups is 1. The molecule has 128 valence electrons. The van der Waals surface area contributed by atoms with Crippen LogP contribution in [0, 0.1) is 0 Å². The number of phenols is 1. The van der Waals surface area contributed by atoms with Gasteiger partial charge in [0.1, 0.15) is 11.3 Å². The van der Waals surface area contributed by atoms with Crippen LogP contribution in [0.2, 0.25) is 5.02 Å². The SMILES string of the molecule is Oc1c([C@@H](c2ccccn2)N2CCCCC2)cc(Cl)c2cccnc12. The summed E-state index contributed by atoms with van der Waals surface area (Å²) in [6, 6.07) is 11.4. The molecule has 1 aliphatic heterocycles. The fraction of sp³-hybridized carbons (Fsp3) is 0.300. The van der Waals surface area contributed by atoms with Crippen molar-refractivity contribution in [1.82, 2.24) is 14.9 Å². The van der Waals surface area contributed by atoms with Gasteiger partial charge in [0.25, 0.3) is 0 Å². The van der Waals surface area contributed by atoms with Gasteiger partial charge in [-0.15, -0.1) is 0 Å². The normalized spacial score (nSPS) is 16.8. The first-order valence-corrected chi connectivity index (χ1v) is 9.04. The Kier molecular flexibility index (Phi) is 4.55. The topological polar surface area (TPSA) is 49.3 Å². The van der Waals surface area contributed by atoms with Gasteiger partial charge in [0.15, 0.2) is 0 Å². The third-order valence-corrected chi connectivity index (χ3v) is 5.18. The van der Waals surface area contributed by atoms with Gasteiger partial charge >= 0.3 is 0 Å². The molecule has 3 aromatic rings. The molecular formula is C20H20ClN3O. The van der Waals surface area contributed by atoms with Crippen molar-refractivity contribution in [2.45, 2.75) is 25.3 Å². The number of fused-ring (bicyclic) bond motifs is 1. The van der Waals surface area contributed by atoms with E-state index in [4.69, 9.17) is 11.6 Å². The van der Waals surface area contributed by atoms with Crippen LogP contribution in [0.4, 0.5) is 0 Å². The molecule has 0 bridgehead atoms. The molecule has 2 aromatic heterocycles. The van der Waals surface area contributed by atoms with Gasteiger partial charge in [-0.1, -0.05) is 24.1 Å². The maximum absolute atomic E-state index is 11.0. The first-order chi connectivity index (χ1) is 12.3. The molecule has 0 aliphatic carbocycles. The van der Waals surface area contributed by atoms with Gasteiger partial charge in [0.05, 0.1) is 16.8 Å². The summed E-state index contributed by atoms with van der Waals surface area (Å²) in [7, 11) is 0. The Morgan fingerprint density at radius 1 is 1.00 bits per heavy atom. The van der Waals surface area contributed by atoms with Crippen LogP contribution in [-0.4, -0.2) is 33.1 Å². The van der Waals surface area contributed by atoms with E-state index in [-0.39, 0.29) is 11.8 Å². The molecule has 1 N–H and O–H groups in total. The van der Waals surface area contributed by atoms with Crippen molar-refractivity contribution in [2.75, 3.05) is 13.1 Å². The Hall–Kier alpha value is -2.17. The molecular weight excluding hydrogens is 334 g/mol. The summed E-state index contributed by atoms with van der Waals surface area (Å²) in [5, 5.41) is 12.3. The standard InChI is InChI=1S/C20H20ClN3O/c21-16-13-15(20(25)18-14(16)7-6-10-23-18)19(17-8-2-3-9-22-17)24-11-4-1-5-12-24/h2-3,6-10,13,19,25H,1,4-5,11-12H2/t19-/m0/s1. The maximum atomic E-state index is 11.0. The zero-order chi connectivity index (χ0) is 17.2. The lowest BCUT2D eigenvalue weighted by molar-refractivity contribution is 0.182. The molecule has 0 spiro atoms. The molecule has 4 rings (SSSR count). The minimum atomic E-state index is -0.120. The van der Waals surface area contributed by atoms with E-state index < -0.39 is 0 Å². The molecule has 1 atom stereocenters. The van der Waals surface area contributed by atoms with Gasteiger partial charge in [-0.2, -0.15) is 0 Å². The molecule has 5 heteroatoms. The Labute approximate surface area is 152 Å². The highest BCUT2D eigenvalue weighted by molar-refractivity contribution is 6.35. The molecule has 1 saturated heterocycles. The van der Waals surface area contributed by atoms with E-state index in [0.717, 1.165) is 42.6 Å². The Morgan fingerprint density at radius 3 is 2.56 bits per heavy atom.